The van der Waals surface area contributed by atoms with E-state index in [1.165, 1.54) is 0 Å². The van der Waals surface area contributed by atoms with Gasteiger partial charge in [-0.3, -0.25) is 9.59 Å². The van der Waals surface area contributed by atoms with Crippen molar-refractivity contribution in [1.29, 1.82) is 0 Å². The molecule has 4 nitrogen and oxygen atoms in total. The van der Waals surface area contributed by atoms with Gasteiger partial charge in [-0.2, -0.15) is 0 Å². The zero-order valence-corrected chi connectivity index (χ0v) is 13.1. The third-order valence-corrected chi connectivity index (χ3v) is 4.59. The highest BCUT2D eigenvalue weighted by molar-refractivity contribution is 5.84. The SMILES string of the molecule is CCC(C(=O)N[C@H]1CCCCC[C@H]1C(=O)O)c1ccccc1. The average Bonchev–Trinajstić information content (AvgIpc) is 2.74. The Balaban J connectivity index is 2.09. The molecule has 1 aliphatic carbocycles. The molecular formula is C18H25NO3. The molecule has 1 amide bonds. The van der Waals surface area contributed by atoms with Crippen molar-refractivity contribution in [2.24, 2.45) is 5.92 Å². The molecule has 1 unspecified atom stereocenters. The van der Waals surface area contributed by atoms with Crippen LogP contribution >= 0.6 is 0 Å². The molecule has 0 bridgehead atoms. The van der Waals surface area contributed by atoms with Crippen LogP contribution in [-0.4, -0.2) is 23.0 Å². The molecule has 120 valence electrons. The van der Waals surface area contributed by atoms with E-state index in [0.29, 0.717) is 12.8 Å². The number of amides is 1. The number of carboxylic acid groups (broad SMARTS) is 1. The number of aliphatic carboxylic acids is 1. The fourth-order valence-electron chi connectivity index (χ4n) is 3.32. The molecule has 22 heavy (non-hydrogen) atoms. The average molecular weight is 303 g/mol. The number of carbonyl (C=O) groups excluding carboxylic acids is 1. The minimum absolute atomic E-state index is 0.0492. The molecule has 0 aromatic heterocycles. The minimum Gasteiger partial charge on any atom is -0.481 e. The van der Waals surface area contributed by atoms with Gasteiger partial charge in [0.2, 0.25) is 5.91 Å². The van der Waals surface area contributed by atoms with Crippen molar-refractivity contribution < 1.29 is 14.7 Å². The lowest BCUT2D eigenvalue weighted by Gasteiger charge is -2.25. The van der Waals surface area contributed by atoms with Crippen LogP contribution in [-0.2, 0) is 9.59 Å². The molecule has 1 aliphatic rings. The summed E-state index contributed by atoms with van der Waals surface area (Å²) in [6.45, 7) is 1.99. The van der Waals surface area contributed by atoms with Gasteiger partial charge in [-0.05, 0) is 24.8 Å². The lowest BCUT2D eigenvalue weighted by molar-refractivity contribution is -0.143. The van der Waals surface area contributed by atoms with Crippen molar-refractivity contribution in [1.82, 2.24) is 5.32 Å². The van der Waals surface area contributed by atoms with Crippen LogP contribution in [0.1, 0.15) is 56.9 Å². The first kappa shape index (κ1) is 16.5. The first-order valence-electron chi connectivity index (χ1n) is 8.21. The smallest absolute Gasteiger partial charge is 0.308 e. The van der Waals surface area contributed by atoms with E-state index in [4.69, 9.17) is 0 Å². The molecule has 0 aliphatic heterocycles. The Hall–Kier alpha value is -1.84. The van der Waals surface area contributed by atoms with E-state index in [1.54, 1.807) is 0 Å². The number of hydrogen-bond acceptors (Lipinski definition) is 2. The maximum Gasteiger partial charge on any atom is 0.308 e. The summed E-state index contributed by atoms with van der Waals surface area (Å²) < 4.78 is 0. The second-order valence-electron chi connectivity index (χ2n) is 6.07. The third kappa shape index (κ3) is 4.09. The fourth-order valence-corrected chi connectivity index (χ4v) is 3.32. The largest absolute Gasteiger partial charge is 0.481 e. The van der Waals surface area contributed by atoms with Gasteiger partial charge in [0.05, 0.1) is 11.8 Å². The molecular weight excluding hydrogens is 278 g/mol. The summed E-state index contributed by atoms with van der Waals surface area (Å²) in [6, 6.07) is 9.45. The van der Waals surface area contributed by atoms with Crippen LogP contribution in [0.3, 0.4) is 0 Å². The summed E-state index contributed by atoms with van der Waals surface area (Å²) in [5.41, 5.74) is 0.989. The Kier molecular flexibility index (Phi) is 5.99. The van der Waals surface area contributed by atoms with Gasteiger partial charge in [0.1, 0.15) is 0 Å². The van der Waals surface area contributed by atoms with Gasteiger partial charge in [-0.1, -0.05) is 56.5 Å². The first-order chi connectivity index (χ1) is 10.6. The predicted octanol–water partition coefficient (Wildman–Crippen LogP) is 3.33. The highest BCUT2D eigenvalue weighted by Gasteiger charge is 2.32. The van der Waals surface area contributed by atoms with Crippen molar-refractivity contribution in [2.75, 3.05) is 0 Å². The van der Waals surface area contributed by atoms with Crippen LogP contribution in [0.25, 0.3) is 0 Å². The highest BCUT2D eigenvalue weighted by Crippen LogP contribution is 2.26. The van der Waals surface area contributed by atoms with E-state index >= 15 is 0 Å². The van der Waals surface area contributed by atoms with Crippen LogP contribution < -0.4 is 5.32 Å². The summed E-state index contributed by atoms with van der Waals surface area (Å²) in [4.78, 5) is 24.1. The van der Waals surface area contributed by atoms with Gasteiger partial charge in [0, 0.05) is 6.04 Å². The Bertz CT molecular complexity index is 500. The lowest BCUT2D eigenvalue weighted by Crippen LogP contribution is -2.44. The second kappa shape index (κ2) is 7.97. The van der Waals surface area contributed by atoms with Gasteiger partial charge in [0.25, 0.3) is 0 Å². The topological polar surface area (TPSA) is 66.4 Å². The van der Waals surface area contributed by atoms with E-state index in [2.05, 4.69) is 5.32 Å². The van der Waals surface area contributed by atoms with Crippen molar-refractivity contribution in [2.45, 2.75) is 57.4 Å². The number of nitrogens with one attached hydrogen (secondary N) is 1. The molecule has 0 saturated heterocycles. The predicted molar refractivity (Wildman–Crippen MR) is 85.6 cm³/mol. The summed E-state index contributed by atoms with van der Waals surface area (Å²) in [6.07, 6.45) is 5.08. The maximum atomic E-state index is 12.6. The normalized spacial score (nSPS) is 23.3. The fraction of sp³-hybridized carbons (Fsp3) is 0.556. The van der Waals surface area contributed by atoms with E-state index in [-0.39, 0.29) is 17.9 Å². The lowest BCUT2D eigenvalue weighted by atomic mass is 9.91. The molecule has 3 atom stereocenters. The number of carbonyl (C=O) groups is 2. The van der Waals surface area contributed by atoms with Gasteiger partial charge in [-0.15, -0.1) is 0 Å². The molecule has 2 N–H and O–H groups in total. The Morgan fingerprint density at radius 2 is 1.86 bits per heavy atom. The minimum atomic E-state index is -0.792. The molecule has 0 spiro atoms. The Labute approximate surface area is 131 Å². The highest BCUT2D eigenvalue weighted by atomic mass is 16.4. The zero-order valence-electron chi connectivity index (χ0n) is 13.1. The Morgan fingerprint density at radius 3 is 2.50 bits per heavy atom. The molecule has 1 saturated carbocycles. The molecule has 1 aromatic rings. The summed E-state index contributed by atoms with van der Waals surface area (Å²) in [5.74, 6) is -1.51. The van der Waals surface area contributed by atoms with Gasteiger partial charge < -0.3 is 10.4 Å². The number of rotatable bonds is 5. The first-order valence-corrected chi connectivity index (χ1v) is 8.21. The van der Waals surface area contributed by atoms with Gasteiger partial charge >= 0.3 is 5.97 Å². The van der Waals surface area contributed by atoms with Crippen LogP contribution in [0.15, 0.2) is 30.3 Å². The molecule has 1 fully saturated rings. The monoisotopic (exact) mass is 303 g/mol. The zero-order chi connectivity index (χ0) is 15.9. The van der Waals surface area contributed by atoms with Crippen molar-refractivity contribution in [3.8, 4) is 0 Å². The van der Waals surface area contributed by atoms with Crippen LogP contribution in [0.2, 0.25) is 0 Å². The van der Waals surface area contributed by atoms with Crippen LogP contribution in [0.4, 0.5) is 0 Å². The van der Waals surface area contributed by atoms with E-state index in [0.717, 1.165) is 31.2 Å². The van der Waals surface area contributed by atoms with E-state index in [1.807, 2.05) is 37.3 Å². The summed E-state index contributed by atoms with van der Waals surface area (Å²) >= 11 is 0. The van der Waals surface area contributed by atoms with E-state index < -0.39 is 11.9 Å². The van der Waals surface area contributed by atoms with Crippen molar-refractivity contribution in [3.63, 3.8) is 0 Å². The van der Waals surface area contributed by atoms with Crippen molar-refractivity contribution in [3.05, 3.63) is 35.9 Å². The van der Waals surface area contributed by atoms with Crippen LogP contribution in [0, 0.1) is 5.92 Å². The molecule has 0 radical (unpaired) electrons. The summed E-state index contributed by atoms with van der Waals surface area (Å²) in [5, 5.41) is 12.4. The number of benzene rings is 1. The third-order valence-electron chi connectivity index (χ3n) is 4.59. The second-order valence-corrected chi connectivity index (χ2v) is 6.07. The summed E-state index contributed by atoms with van der Waals surface area (Å²) in [7, 11) is 0. The van der Waals surface area contributed by atoms with Crippen LogP contribution in [0.5, 0.6) is 0 Å². The number of hydrogen-bond donors (Lipinski definition) is 2. The van der Waals surface area contributed by atoms with Gasteiger partial charge in [0.15, 0.2) is 0 Å². The van der Waals surface area contributed by atoms with E-state index in [9.17, 15) is 14.7 Å². The molecule has 0 heterocycles. The Morgan fingerprint density at radius 1 is 1.18 bits per heavy atom. The molecule has 1 aromatic carbocycles. The maximum absolute atomic E-state index is 12.6. The quantitative estimate of drug-likeness (QED) is 0.820. The number of carboxylic acids is 1. The standard InChI is InChI=1S/C18H25NO3/c1-2-14(13-9-5-3-6-10-13)17(20)19-16-12-8-4-7-11-15(16)18(21)22/h3,5-6,9-10,14-16H,2,4,7-8,11-12H2,1H3,(H,19,20)(H,21,22)/t14?,15-,16+/m1/s1. The molecule has 2 rings (SSSR count). The molecule has 4 heteroatoms. The van der Waals surface area contributed by atoms with Gasteiger partial charge in [-0.25, -0.2) is 0 Å². The van der Waals surface area contributed by atoms with Crippen molar-refractivity contribution >= 4 is 11.9 Å².